The molecule has 110 valence electrons. The van der Waals surface area contributed by atoms with Gasteiger partial charge in [0.05, 0.1) is 0 Å². The van der Waals surface area contributed by atoms with Crippen LogP contribution < -0.4 is 5.43 Å². The van der Waals surface area contributed by atoms with Crippen molar-refractivity contribution in [3.63, 3.8) is 0 Å². The summed E-state index contributed by atoms with van der Waals surface area (Å²) in [5, 5.41) is 9.91. The fourth-order valence-corrected chi connectivity index (χ4v) is 2.78. The number of carbonyl (C=O) groups is 1. The lowest BCUT2D eigenvalue weighted by atomic mass is 9.99. The fraction of sp³-hybridized carbons (Fsp3) is 0.250. The van der Waals surface area contributed by atoms with Crippen LogP contribution in [0.4, 0.5) is 0 Å². The maximum Gasteiger partial charge on any atom is 0.341 e. The minimum Gasteiger partial charge on any atom is -0.477 e. The van der Waals surface area contributed by atoms with E-state index in [1.807, 2.05) is 18.4 Å². The molecule has 1 heterocycles. The standard InChI is InChI=1S/C16H16ClNO3/c1-4-18-9(2)13(11-5-7-12(17)8-6-11)15(19)14(10(18)3)16(20)21/h5-8H,4H2,1-3H3,(H,20,21). The van der Waals surface area contributed by atoms with Gasteiger partial charge in [-0.1, -0.05) is 23.7 Å². The highest BCUT2D eigenvalue weighted by Gasteiger charge is 2.21. The molecule has 2 aromatic rings. The van der Waals surface area contributed by atoms with Crippen LogP contribution in [0.3, 0.4) is 0 Å². The smallest absolute Gasteiger partial charge is 0.341 e. The Morgan fingerprint density at radius 3 is 2.24 bits per heavy atom. The maximum absolute atomic E-state index is 12.6. The fourth-order valence-electron chi connectivity index (χ4n) is 2.66. The van der Waals surface area contributed by atoms with Crippen LogP contribution in [0.25, 0.3) is 11.1 Å². The average Bonchev–Trinajstić information content (AvgIpc) is 2.41. The van der Waals surface area contributed by atoms with Crippen LogP contribution in [0.5, 0.6) is 0 Å². The molecule has 0 amide bonds. The first-order valence-corrected chi connectivity index (χ1v) is 6.99. The number of hydrogen-bond acceptors (Lipinski definition) is 2. The summed E-state index contributed by atoms with van der Waals surface area (Å²) in [5.41, 5.74) is 1.69. The first-order chi connectivity index (χ1) is 9.88. The van der Waals surface area contributed by atoms with Gasteiger partial charge < -0.3 is 9.67 Å². The van der Waals surface area contributed by atoms with Gasteiger partial charge in [-0.2, -0.15) is 0 Å². The number of nitrogens with zero attached hydrogens (tertiary/aromatic N) is 1. The van der Waals surface area contributed by atoms with Crippen LogP contribution in [-0.4, -0.2) is 15.6 Å². The predicted octanol–water partition coefficient (Wildman–Crippen LogP) is 3.50. The molecule has 0 saturated carbocycles. The Kier molecular flexibility index (Phi) is 4.19. The van der Waals surface area contributed by atoms with Crippen LogP contribution in [0.2, 0.25) is 5.02 Å². The Labute approximate surface area is 127 Å². The van der Waals surface area contributed by atoms with Crippen LogP contribution >= 0.6 is 11.6 Å². The summed E-state index contributed by atoms with van der Waals surface area (Å²) in [6.45, 7) is 6.00. The van der Waals surface area contributed by atoms with Crippen molar-refractivity contribution >= 4 is 17.6 Å². The highest BCUT2D eigenvalue weighted by molar-refractivity contribution is 6.30. The molecule has 0 aliphatic carbocycles. The first-order valence-electron chi connectivity index (χ1n) is 6.61. The van der Waals surface area contributed by atoms with Crippen molar-refractivity contribution in [3.8, 4) is 11.1 Å². The van der Waals surface area contributed by atoms with Crippen LogP contribution in [-0.2, 0) is 6.54 Å². The third-order valence-corrected chi connectivity index (χ3v) is 3.90. The van der Waals surface area contributed by atoms with E-state index in [1.165, 1.54) is 0 Å². The summed E-state index contributed by atoms with van der Waals surface area (Å²) in [4.78, 5) is 24.0. The topological polar surface area (TPSA) is 59.3 Å². The summed E-state index contributed by atoms with van der Waals surface area (Å²) in [5.74, 6) is -1.20. The number of halogens is 1. The molecule has 0 atom stereocenters. The highest BCUT2D eigenvalue weighted by atomic mass is 35.5. The number of aromatic carboxylic acids is 1. The molecule has 0 spiro atoms. The van der Waals surface area contributed by atoms with E-state index in [1.54, 1.807) is 31.2 Å². The average molecular weight is 306 g/mol. The second kappa shape index (κ2) is 5.74. The van der Waals surface area contributed by atoms with Gasteiger partial charge in [0.2, 0.25) is 5.43 Å². The van der Waals surface area contributed by atoms with Gasteiger partial charge in [-0.3, -0.25) is 4.79 Å². The van der Waals surface area contributed by atoms with E-state index in [4.69, 9.17) is 11.6 Å². The third kappa shape index (κ3) is 2.59. The molecule has 0 radical (unpaired) electrons. The van der Waals surface area contributed by atoms with E-state index in [0.717, 1.165) is 5.69 Å². The van der Waals surface area contributed by atoms with Gasteiger partial charge in [0.25, 0.3) is 0 Å². The Balaban J connectivity index is 2.89. The molecule has 2 rings (SSSR count). The second-order valence-electron chi connectivity index (χ2n) is 4.81. The molecule has 5 heteroatoms. The molecule has 0 fully saturated rings. The van der Waals surface area contributed by atoms with E-state index in [9.17, 15) is 14.7 Å². The molecule has 0 aliphatic heterocycles. The van der Waals surface area contributed by atoms with E-state index >= 15 is 0 Å². The number of carboxylic acid groups (broad SMARTS) is 1. The number of rotatable bonds is 3. The maximum atomic E-state index is 12.6. The van der Waals surface area contributed by atoms with Crippen LogP contribution in [0.1, 0.15) is 28.7 Å². The summed E-state index contributed by atoms with van der Waals surface area (Å²) in [6.07, 6.45) is 0. The molecule has 0 unspecified atom stereocenters. The molecule has 1 aromatic carbocycles. The van der Waals surface area contributed by atoms with E-state index in [0.29, 0.717) is 28.4 Å². The monoisotopic (exact) mass is 305 g/mol. The molecule has 4 nitrogen and oxygen atoms in total. The van der Waals surface area contributed by atoms with Gasteiger partial charge in [-0.25, -0.2) is 4.79 Å². The summed E-state index contributed by atoms with van der Waals surface area (Å²) >= 11 is 5.87. The zero-order valence-corrected chi connectivity index (χ0v) is 12.9. The number of pyridine rings is 1. The van der Waals surface area contributed by atoms with Gasteiger partial charge in [-0.05, 0) is 38.5 Å². The Bertz CT molecular complexity index is 761. The number of hydrogen-bond donors (Lipinski definition) is 1. The van der Waals surface area contributed by atoms with Gasteiger partial charge in [-0.15, -0.1) is 0 Å². The van der Waals surface area contributed by atoms with Crippen molar-refractivity contribution in [1.29, 1.82) is 0 Å². The summed E-state index contributed by atoms with van der Waals surface area (Å²) in [6, 6.07) is 6.83. The van der Waals surface area contributed by atoms with Gasteiger partial charge in [0.1, 0.15) is 5.56 Å². The highest BCUT2D eigenvalue weighted by Crippen LogP contribution is 2.24. The minimum absolute atomic E-state index is 0.174. The lowest BCUT2D eigenvalue weighted by molar-refractivity contribution is 0.0693. The third-order valence-electron chi connectivity index (χ3n) is 3.65. The van der Waals surface area contributed by atoms with Crippen molar-refractivity contribution in [3.05, 3.63) is 56.5 Å². The first kappa shape index (κ1) is 15.3. The van der Waals surface area contributed by atoms with Crippen molar-refractivity contribution < 1.29 is 9.90 Å². The SMILES string of the molecule is CCn1c(C)c(C(=O)O)c(=O)c(-c2ccc(Cl)cc2)c1C. The molecule has 1 aromatic heterocycles. The molecule has 0 bridgehead atoms. The van der Waals surface area contributed by atoms with Gasteiger partial charge in [0, 0.05) is 28.5 Å². The van der Waals surface area contributed by atoms with E-state index in [-0.39, 0.29) is 5.56 Å². The summed E-state index contributed by atoms with van der Waals surface area (Å²) < 4.78 is 1.84. The number of benzene rings is 1. The van der Waals surface area contributed by atoms with E-state index in [2.05, 4.69) is 0 Å². The van der Waals surface area contributed by atoms with Crippen molar-refractivity contribution in [1.82, 2.24) is 4.57 Å². The zero-order valence-electron chi connectivity index (χ0n) is 12.1. The quantitative estimate of drug-likeness (QED) is 0.944. The van der Waals surface area contributed by atoms with Gasteiger partial charge >= 0.3 is 5.97 Å². The van der Waals surface area contributed by atoms with Gasteiger partial charge in [0.15, 0.2) is 0 Å². The van der Waals surface area contributed by atoms with E-state index < -0.39 is 11.4 Å². The van der Waals surface area contributed by atoms with Crippen LogP contribution in [0.15, 0.2) is 29.1 Å². The molecule has 0 aliphatic rings. The molecular formula is C16H16ClNO3. The normalized spacial score (nSPS) is 10.7. The second-order valence-corrected chi connectivity index (χ2v) is 5.24. The zero-order chi connectivity index (χ0) is 15.7. The van der Waals surface area contributed by atoms with Crippen molar-refractivity contribution in [2.45, 2.75) is 27.3 Å². The minimum atomic E-state index is -1.20. The molecule has 1 N–H and O–H groups in total. The molecular weight excluding hydrogens is 290 g/mol. The predicted molar refractivity (Wildman–Crippen MR) is 83.3 cm³/mol. The molecule has 0 saturated heterocycles. The lowest BCUT2D eigenvalue weighted by Gasteiger charge is -2.18. The van der Waals surface area contributed by atoms with Crippen molar-refractivity contribution in [2.75, 3.05) is 0 Å². The Morgan fingerprint density at radius 1 is 1.19 bits per heavy atom. The Hall–Kier alpha value is -2.07. The number of aromatic nitrogens is 1. The van der Waals surface area contributed by atoms with Crippen LogP contribution in [0, 0.1) is 13.8 Å². The lowest BCUT2D eigenvalue weighted by Crippen LogP contribution is -2.25. The Morgan fingerprint density at radius 2 is 1.76 bits per heavy atom. The molecule has 21 heavy (non-hydrogen) atoms. The van der Waals surface area contributed by atoms with Crippen molar-refractivity contribution in [2.24, 2.45) is 0 Å². The summed E-state index contributed by atoms with van der Waals surface area (Å²) in [7, 11) is 0. The largest absolute Gasteiger partial charge is 0.477 e. The number of carboxylic acids is 1.